The number of aromatic nitrogens is 3. The highest BCUT2D eigenvalue weighted by Crippen LogP contribution is 2.19. The normalized spacial score (nSPS) is 18.4. The molecule has 1 fully saturated rings. The van der Waals surface area contributed by atoms with Gasteiger partial charge in [-0.3, -0.25) is 9.88 Å². The summed E-state index contributed by atoms with van der Waals surface area (Å²) in [5.74, 6) is 1.40. The average molecular weight is 299 g/mol. The van der Waals surface area contributed by atoms with Crippen molar-refractivity contribution >= 4 is 5.82 Å². The van der Waals surface area contributed by atoms with E-state index in [1.807, 2.05) is 18.5 Å². The summed E-state index contributed by atoms with van der Waals surface area (Å²) >= 11 is 0. The summed E-state index contributed by atoms with van der Waals surface area (Å²) < 4.78 is 5.12. The summed E-state index contributed by atoms with van der Waals surface area (Å²) in [6.07, 6.45) is 6.43. The van der Waals surface area contributed by atoms with Crippen molar-refractivity contribution < 1.29 is 4.74 Å². The summed E-state index contributed by atoms with van der Waals surface area (Å²) in [5, 5.41) is 3.46. The summed E-state index contributed by atoms with van der Waals surface area (Å²) in [7, 11) is 1.61. The lowest BCUT2D eigenvalue weighted by Crippen LogP contribution is -2.26. The van der Waals surface area contributed by atoms with Gasteiger partial charge in [0.15, 0.2) is 0 Å². The van der Waals surface area contributed by atoms with Crippen LogP contribution in [0, 0.1) is 6.92 Å². The van der Waals surface area contributed by atoms with Crippen LogP contribution < -0.4 is 10.1 Å². The Labute approximate surface area is 130 Å². The van der Waals surface area contributed by atoms with Gasteiger partial charge in [0.25, 0.3) is 0 Å². The fourth-order valence-electron chi connectivity index (χ4n) is 2.74. The van der Waals surface area contributed by atoms with Crippen LogP contribution in [0.4, 0.5) is 5.82 Å². The molecule has 22 heavy (non-hydrogen) atoms. The molecular formula is C16H21N5O. The number of ether oxygens (including phenoxy) is 1. The van der Waals surface area contributed by atoms with Gasteiger partial charge in [-0.25, -0.2) is 9.97 Å². The lowest BCUT2D eigenvalue weighted by molar-refractivity contribution is 0.327. The number of methoxy groups -OCH3 is 1. The van der Waals surface area contributed by atoms with Crippen LogP contribution in [-0.2, 0) is 6.54 Å². The Morgan fingerprint density at radius 3 is 3.14 bits per heavy atom. The highest BCUT2D eigenvalue weighted by atomic mass is 16.5. The number of likely N-dealkylation sites (tertiary alicyclic amines) is 1. The quantitative estimate of drug-likeness (QED) is 0.909. The summed E-state index contributed by atoms with van der Waals surface area (Å²) in [4.78, 5) is 14.9. The molecule has 1 unspecified atom stereocenters. The van der Waals surface area contributed by atoms with Crippen LogP contribution in [0.3, 0.4) is 0 Å². The number of anilines is 1. The highest BCUT2D eigenvalue weighted by Gasteiger charge is 2.23. The van der Waals surface area contributed by atoms with E-state index in [0.717, 1.165) is 31.9 Å². The van der Waals surface area contributed by atoms with Crippen molar-refractivity contribution in [3.8, 4) is 5.88 Å². The first kappa shape index (κ1) is 14.7. The number of aryl methyl sites for hydroxylation is 1. The van der Waals surface area contributed by atoms with E-state index in [2.05, 4.69) is 38.2 Å². The molecule has 0 amide bonds. The van der Waals surface area contributed by atoms with Gasteiger partial charge < -0.3 is 10.1 Å². The lowest BCUT2D eigenvalue weighted by Gasteiger charge is -2.18. The van der Waals surface area contributed by atoms with Crippen LogP contribution in [0.2, 0.25) is 0 Å². The standard InChI is InChI=1S/C16H21N5O/c1-12-3-5-17-8-13(12)9-21-6-4-14(10-21)20-15-7-16(22-2)19-11-18-15/h3,5,7-8,11,14H,4,6,9-10H2,1-2H3,(H,18,19,20). The van der Waals surface area contributed by atoms with E-state index >= 15 is 0 Å². The Morgan fingerprint density at radius 2 is 2.32 bits per heavy atom. The van der Waals surface area contributed by atoms with E-state index in [-0.39, 0.29) is 0 Å². The summed E-state index contributed by atoms with van der Waals surface area (Å²) in [6, 6.07) is 4.29. The zero-order valence-corrected chi connectivity index (χ0v) is 13.0. The second-order valence-electron chi connectivity index (χ2n) is 5.61. The second-order valence-corrected chi connectivity index (χ2v) is 5.61. The predicted molar refractivity (Wildman–Crippen MR) is 84.9 cm³/mol. The van der Waals surface area contributed by atoms with Gasteiger partial charge in [-0.15, -0.1) is 0 Å². The molecule has 2 aromatic heterocycles. The van der Waals surface area contributed by atoms with Crippen molar-refractivity contribution in [2.24, 2.45) is 0 Å². The molecule has 0 aromatic carbocycles. The van der Waals surface area contributed by atoms with Gasteiger partial charge in [0.05, 0.1) is 7.11 Å². The second kappa shape index (κ2) is 6.70. The molecule has 3 rings (SSSR count). The van der Waals surface area contributed by atoms with Crippen LogP contribution >= 0.6 is 0 Å². The molecule has 2 aromatic rings. The first-order valence-corrected chi connectivity index (χ1v) is 7.49. The van der Waals surface area contributed by atoms with Crippen LogP contribution in [-0.4, -0.2) is 46.1 Å². The van der Waals surface area contributed by atoms with E-state index in [1.54, 1.807) is 7.11 Å². The number of pyridine rings is 1. The molecular weight excluding hydrogens is 278 g/mol. The van der Waals surface area contributed by atoms with Crippen LogP contribution in [0.25, 0.3) is 0 Å². The fourth-order valence-corrected chi connectivity index (χ4v) is 2.74. The van der Waals surface area contributed by atoms with Gasteiger partial charge >= 0.3 is 0 Å². The van der Waals surface area contributed by atoms with Crippen LogP contribution in [0.5, 0.6) is 5.88 Å². The van der Waals surface area contributed by atoms with Crippen molar-refractivity contribution in [3.63, 3.8) is 0 Å². The van der Waals surface area contributed by atoms with Crippen molar-refractivity contribution in [1.29, 1.82) is 0 Å². The average Bonchev–Trinajstić information content (AvgIpc) is 2.97. The molecule has 0 aliphatic carbocycles. The van der Waals surface area contributed by atoms with Gasteiger partial charge in [-0.2, -0.15) is 0 Å². The maximum Gasteiger partial charge on any atom is 0.218 e. The molecule has 1 saturated heterocycles. The first-order valence-electron chi connectivity index (χ1n) is 7.49. The monoisotopic (exact) mass is 299 g/mol. The molecule has 6 heteroatoms. The Hall–Kier alpha value is -2.21. The van der Waals surface area contributed by atoms with E-state index in [9.17, 15) is 0 Å². The molecule has 0 saturated carbocycles. The predicted octanol–water partition coefficient (Wildman–Crippen LogP) is 1.88. The molecule has 0 spiro atoms. The van der Waals surface area contributed by atoms with Crippen molar-refractivity contribution in [2.45, 2.75) is 25.9 Å². The third-order valence-electron chi connectivity index (χ3n) is 4.02. The van der Waals surface area contributed by atoms with Gasteiger partial charge in [-0.1, -0.05) is 0 Å². The molecule has 1 aliphatic rings. The molecule has 1 N–H and O–H groups in total. The molecule has 3 heterocycles. The van der Waals surface area contributed by atoms with E-state index in [0.29, 0.717) is 11.9 Å². The minimum atomic E-state index is 0.400. The third-order valence-corrected chi connectivity index (χ3v) is 4.02. The van der Waals surface area contributed by atoms with Gasteiger partial charge in [0.1, 0.15) is 12.1 Å². The van der Waals surface area contributed by atoms with Crippen LogP contribution in [0.1, 0.15) is 17.5 Å². The van der Waals surface area contributed by atoms with Gasteiger partial charge in [0, 0.05) is 44.1 Å². The molecule has 0 radical (unpaired) electrons. The van der Waals surface area contributed by atoms with Crippen molar-refractivity contribution in [2.75, 3.05) is 25.5 Å². The Balaban J connectivity index is 1.57. The third kappa shape index (κ3) is 3.51. The van der Waals surface area contributed by atoms with E-state index < -0.39 is 0 Å². The number of nitrogens with zero attached hydrogens (tertiary/aromatic N) is 4. The fraction of sp³-hybridized carbons (Fsp3) is 0.438. The maximum atomic E-state index is 5.12. The summed E-state index contributed by atoms with van der Waals surface area (Å²) in [5.41, 5.74) is 2.60. The molecule has 6 nitrogen and oxygen atoms in total. The minimum absolute atomic E-state index is 0.400. The Bertz CT molecular complexity index is 633. The molecule has 116 valence electrons. The SMILES string of the molecule is COc1cc(NC2CCN(Cc3cnccc3C)C2)ncn1. The maximum absolute atomic E-state index is 5.12. The zero-order valence-electron chi connectivity index (χ0n) is 13.0. The smallest absolute Gasteiger partial charge is 0.218 e. The molecule has 1 aliphatic heterocycles. The van der Waals surface area contributed by atoms with Gasteiger partial charge in [0.2, 0.25) is 5.88 Å². The summed E-state index contributed by atoms with van der Waals surface area (Å²) in [6.45, 7) is 5.16. The topological polar surface area (TPSA) is 63.2 Å². The first-order chi connectivity index (χ1) is 10.7. The van der Waals surface area contributed by atoms with E-state index in [1.165, 1.54) is 17.5 Å². The number of hydrogen-bond acceptors (Lipinski definition) is 6. The molecule has 1 atom stereocenters. The van der Waals surface area contributed by atoms with Crippen LogP contribution in [0.15, 0.2) is 30.9 Å². The number of hydrogen-bond donors (Lipinski definition) is 1. The zero-order chi connectivity index (χ0) is 15.4. The van der Waals surface area contributed by atoms with Crippen molar-refractivity contribution in [1.82, 2.24) is 19.9 Å². The number of rotatable bonds is 5. The number of nitrogens with one attached hydrogen (secondary N) is 1. The lowest BCUT2D eigenvalue weighted by atomic mass is 10.1. The van der Waals surface area contributed by atoms with Gasteiger partial charge in [-0.05, 0) is 30.5 Å². The van der Waals surface area contributed by atoms with Crippen molar-refractivity contribution in [3.05, 3.63) is 42.0 Å². The largest absolute Gasteiger partial charge is 0.481 e. The van der Waals surface area contributed by atoms with E-state index in [4.69, 9.17) is 4.74 Å². The Morgan fingerprint density at radius 1 is 1.41 bits per heavy atom. The molecule has 0 bridgehead atoms. The highest BCUT2D eigenvalue weighted by molar-refractivity contribution is 5.38. The minimum Gasteiger partial charge on any atom is -0.481 e. The Kier molecular flexibility index (Phi) is 4.48.